The van der Waals surface area contributed by atoms with Crippen molar-refractivity contribution >= 4 is 18.5 Å². The van der Waals surface area contributed by atoms with Crippen molar-refractivity contribution in [3.63, 3.8) is 0 Å². The Hall–Kier alpha value is -3.39. The van der Waals surface area contributed by atoms with Gasteiger partial charge in [-0.15, -0.1) is 0 Å². The summed E-state index contributed by atoms with van der Waals surface area (Å²) in [5.41, 5.74) is 4.14. The minimum Gasteiger partial charge on any atom is -0.449 e. The van der Waals surface area contributed by atoms with Crippen LogP contribution < -0.4 is 16.0 Å². The Kier molecular flexibility index (Phi) is 9.87. The van der Waals surface area contributed by atoms with E-state index in [2.05, 4.69) is 40.2 Å². The van der Waals surface area contributed by atoms with Gasteiger partial charge >= 0.3 is 12.2 Å². The topological polar surface area (TPSA) is 106 Å². The summed E-state index contributed by atoms with van der Waals surface area (Å²) < 4.78 is 10.9. The molecule has 0 heterocycles. The van der Waals surface area contributed by atoms with Crippen LogP contribution >= 0.6 is 0 Å². The molecule has 2 aromatic carbocycles. The molecule has 0 spiro atoms. The van der Waals surface area contributed by atoms with E-state index in [0.717, 1.165) is 30.3 Å². The van der Waals surface area contributed by atoms with Crippen molar-refractivity contribution in [2.75, 3.05) is 26.2 Å². The van der Waals surface area contributed by atoms with Crippen LogP contribution in [0.25, 0.3) is 11.1 Å². The first-order chi connectivity index (χ1) is 17.3. The number of nitrogens with one attached hydrogen (secondary N) is 3. The molecule has 0 aliphatic heterocycles. The van der Waals surface area contributed by atoms with E-state index >= 15 is 0 Å². The van der Waals surface area contributed by atoms with E-state index in [9.17, 15) is 14.4 Å². The van der Waals surface area contributed by atoms with Crippen molar-refractivity contribution in [1.82, 2.24) is 16.0 Å². The van der Waals surface area contributed by atoms with Gasteiger partial charge in [0.2, 0.25) is 0 Å². The molecular formula is C28H37N3O5. The third-order valence-electron chi connectivity index (χ3n) is 5.93. The van der Waals surface area contributed by atoms with Gasteiger partial charge < -0.3 is 30.2 Å². The summed E-state index contributed by atoms with van der Waals surface area (Å²) in [6.45, 7) is 6.84. The average Bonchev–Trinajstić information content (AvgIpc) is 3.15. The van der Waals surface area contributed by atoms with Gasteiger partial charge in [-0.25, -0.2) is 9.59 Å². The van der Waals surface area contributed by atoms with Crippen LogP contribution in [0, 0.1) is 0 Å². The molecule has 0 radical (unpaired) electrons. The summed E-state index contributed by atoms with van der Waals surface area (Å²) in [5.74, 6) is -0.00582. The number of amides is 2. The fourth-order valence-electron chi connectivity index (χ4n) is 4.37. The first kappa shape index (κ1) is 27.2. The maximum atomic E-state index is 12.7. The highest BCUT2D eigenvalue weighted by Gasteiger charge is 2.29. The van der Waals surface area contributed by atoms with E-state index in [0.29, 0.717) is 19.5 Å². The van der Waals surface area contributed by atoms with Gasteiger partial charge in [-0.1, -0.05) is 48.5 Å². The molecule has 0 fully saturated rings. The molecule has 0 saturated heterocycles. The second-order valence-corrected chi connectivity index (χ2v) is 9.92. The highest BCUT2D eigenvalue weighted by Crippen LogP contribution is 2.44. The lowest BCUT2D eigenvalue weighted by Crippen LogP contribution is -2.43. The smallest absolute Gasteiger partial charge is 0.407 e. The number of alkyl carbamates (subject to hydrolysis) is 2. The van der Waals surface area contributed by atoms with Gasteiger partial charge in [0, 0.05) is 25.0 Å². The second kappa shape index (κ2) is 13.1. The maximum Gasteiger partial charge on any atom is 0.407 e. The summed E-state index contributed by atoms with van der Waals surface area (Å²) in [7, 11) is 0. The molecule has 36 heavy (non-hydrogen) atoms. The lowest BCUT2D eigenvalue weighted by molar-refractivity contribution is -0.107. The van der Waals surface area contributed by atoms with E-state index in [4.69, 9.17) is 9.47 Å². The Balaban J connectivity index is 1.48. The number of aldehydes is 1. The molecule has 0 aromatic heterocycles. The van der Waals surface area contributed by atoms with Crippen LogP contribution in [0.15, 0.2) is 48.5 Å². The summed E-state index contributed by atoms with van der Waals surface area (Å²) >= 11 is 0. The number of ether oxygens (including phenoxy) is 2. The summed E-state index contributed by atoms with van der Waals surface area (Å²) in [6, 6.07) is 16.2. The van der Waals surface area contributed by atoms with Crippen molar-refractivity contribution < 1.29 is 23.9 Å². The van der Waals surface area contributed by atoms with Crippen molar-refractivity contribution in [2.45, 2.75) is 57.6 Å². The SMILES string of the molecule is CC(C)(C)OC(=O)NCCCC[C@@H](CNCC=O)NC(=O)OCC1c2ccccc2-c2ccccc21. The van der Waals surface area contributed by atoms with Crippen LogP contribution in [0.1, 0.15) is 57.1 Å². The van der Waals surface area contributed by atoms with E-state index < -0.39 is 17.8 Å². The predicted molar refractivity (Wildman–Crippen MR) is 139 cm³/mol. The monoisotopic (exact) mass is 495 g/mol. The summed E-state index contributed by atoms with van der Waals surface area (Å²) in [4.78, 5) is 35.1. The summed E-state index contributed by atoms with van der Waals surface area (Å²) in [6.07, 6.45) is 2.04. The molecule has 0 unspecified atom stereocenters. The zero-order chi connectivity index (χ0) is 26.0. The highest BCUT2D eigenvalue weighted by atomic mass is 16.6. The normalized spacial score (nSPS) is 13.3. The van der Waals surface area contributed by atoms with Gasteiger partial charge in [-0.3, -0.25) is 0 Å². The highest BCUT2D eigenvalue weighted by molar-refractivity contribution is 5.79. The van der Waals surface area contributed by atoms with Crippen LogP contribution in [0.2, 0.25) is 0 Å². The Labute approximate surface area is 213 Å². The zero-order valence-electron chi connectivity index (χ0n) is 21.3. The van der Waals surface area contributed by atoms with Crippen molar-refractivity contribution in [3.05, 3.63) is 59.7 Å². The molecule has 1 atom stereocenters. The molecule has 3 N–H and O–H groups in total. The standard InChI is InChI=1S/C28H37N3O5/c1-28(2,3)36-26(33)30-15-9-8-10-20(18-29-16-17-32)31-27(34)35-19-25-23-13-6-4-11-21(23)22-12-5-7-14-24(22)25/h4-7,11-14,17,20,25,29H,8-10,15-16,18-19H2,1-3H3,(H,30,33)(H,31,34)/t20-/m0/s1. The van der Waals surface area contributed by atoms with Crippen LogP contribution in [0.5, 0.6) is 0 Å². The lowest BCUT2D eigenvalue weighted by atomic mass is 9.98. The van der Waals surface area contributed by atoms with Crippen LogP contribution in [0.4, 0.5) is 9.59 Å². The fourth-order valence-corrected chi connectivity index (χ4v) is 4.37. The van der Waals surface area contributed by atoms with E-state index in [1.807, 2.05) is 45.0 Å². The molecule has 1 aliphatic rings. The van der Waals surface area contributed by atoms with Gasteiger partial charge in [0.1, 0.15) is 18.5 Å². The van der Waals surface area contributed by atoms with Crippen LogP contribution in [-0.2, 0) is 14.3 Å². The predicted octanol–water partition coefficient (Wildman–Crippen LogP) is 4.38. The number of benzene rings is 2. The van der Waals surface area contributed by atoms with E-state index in [1.54, 1.807) is 0 Å². The van der Waals surface area contributed by atoms with Crippen molar-refractivity contribution in [2.24, 2.45) is 0 Å². The Morgan fingerprint density at radius 1 is 0.972 bits per heavy atom. The molecule has 2 amide bonds. The third-order valence-corrected chi connectivity index (χ3v) is 5.93. The quantitative estimate of drug-likeness (QED) is 0.298. The molecular weight excluding hydrogens is 458 g/mol. The Bertz CT molecular complexity index is 988. The van der Waals surface area contributed by atoms with Crippen molar-refractivity contribution in [1.29, 1.82) is 0 Å². The zero-order valence-corrected chi connectivity index (χ0v) is 21.3. The number of carbonyl (C=O) groups excluding carboxylic acids is 3. The molecule has 1 aliphatic carbocycles. The first-order valence-electron chi connectivity index (χ1n) is 12.5. The molecule has 0 bridgehead atoms. The number of hydrogen-bond acceptors (Lipinski definition) is 6. The molecule has 0 saturated carbocycles. The largest absolute Gasteiger partial charge is 0.449 e. The van der Waals surface area contributed by atoms with Gasteiger partial charge in [0.05, 0.1) is 6.54 Å². The van der Waals surface area contributed by atoms with Crippen molar-refractivity contribution in [3.8, 4) is 11.1 Å². The molecule has 194 valence electrons. The van der Waals surface area contributed by atoms with Crippen LogP contribution in [-0.4, -0.2) is 56.4 Å². The van der Waals surface area contributed by atoms with Gasteiger partial charge in [-0.2, -0.15) is 0 Å². The lowest BCUT2D eigenvalue weighted by Gasteiger charge is -2.21. The van der Waals surface area contributed by atoms with Gasteiger partial charge in [0.25, 0.3) is 0 Å². The third kappa shape index (κ3) is 8.09. The number of unbranched alkanes of at least 4 members (excludes halogenated alkanes) is 1. The first-order valence-corrected chi connectivity index (χ1v) is 12.5. The van der Waals surface area contributed by atoms with Gasteiger partial charge in [-0.05, 0) is 62.3 Å². The Morgan fingerprint density at radius 3 is 2.22 bits per heavy atom. The minimum atomic E-state index is -0.535. The van der Waals surface area contributed by atoms with Gasteiger partial charge in [0.15, 0.2) is 0 Å². The minimum absolute atomic E-state index is 0.00582. The summed E-state index contributed by atoms with van der Waals surface area (Å²) in [5, 5.41) is 8.69. The number of rotatable bonds is 12. The average molecular weight is 496 g/mol. The van der Waals surface area contributed by atoms with E-state index in [-0.39, 0.29) is 25.1 Å². The van der Waals surface area contributed by atoms with Crippen LogP contribution in [0.3, 0.4) is 0 Å². The maximum absolute atomic E-state index is 12.7. The molecule has 8 heteroatoms. The molecule has 3 rings (SSSR count). The Morgan fingerprint density at radius 2 is 1.61 bits per heavy atom. The molecule has 2 aromatic rings. The molecule has 8 nitrogen and oxygen atoms in total. The number of fused-ring (bicyclic) bond motifs is 3. The number of hydrogen-bond donors (Lipinski definition) is 3. The fraction of sp³-hybridized carbons (Fsp3) is 0.464. The second-order valence-electron chi connectivity index (χ2n) is 9.92. The number of carbonyl (C=O) groups is 3. The van der Waals surface area contributed by atoms with E-state index in [1.165, 1.54) is 11.1 Å².